The minimum atomic E-state index is 0.894. The lowest BCUT2D eigenvalue weighted by Gasteiger charge is -2.00. The van der Waals surface area contributed by atoms with Crippen LogP contribution >= 0.6 is 0 Å². The molecule has 1 heteroatoms. The Labute approximate surface area is 112 Å². The molecule has 0 amide bonds. The molecular weight excluding hydrogens is 232 g/mol. The van der Waals surface area contributed by atoms with Crippen LogP contribution in [0.1, 0.15) is 12.5 Å². The minimum absolute atomic E-state index is 0.894. The molecule has 3 aromatic rings. The number of fused-ring (bicyclic) bond motifs is 3. The van der Waals surface area contributed by atoms with Gasteiger partial charge in [-0.1, -0.05) is 54.6 Å². The SMILES string of the molecule is CC=CC=CCc1coc2ccc3ccccc3c12. The van der Waals surface area contributed by atoms with Crippen LogP contribution < -0.4 is 0 Å². The summed E-state index contributed by atoms with van der Waals surface area (Å²) in [6, 6.07) is 12.6. The first-order valence-electron chi connectivity index (χ1n) is 6.56. The predicted octanol–water partition coefficient (Wildman–Crippen LogP) is 5.26. The largest absolute Gasteiger partial charge is 0.464 e. The molecule has 0 aliphatic rings. The summed E-state index contributed by atoms with van der Waals surface area (Å²) in [4.78, 5) is 0. The second-order valence-corrected chi connectivity index (χ2v) is 4.58. The van der Waals surface area contributed by atoms with E-state index in [2.05, 4.69) is 48.6 Å². The third-order valence-corrected chi connectivity index (χ3v) is 3.32. The number of benzene rings is 2. The van der Waals surface area contributed by atoms with Crippen molar-refractivity contribution >= 4 is 21.7 Å². The van der Waals surface area contributed by atoms with Gasteiger partial charge in [0.05, 0.1) is 6.26 Å². The van der Waals surface area contributed by atoms with Crippen molar-refractivity contribution in [2.75, 3.05) is 0 Å². The summed E-state index contributed by atoms with van der Waals surface area (Å²) in [5.74, 6) is 0. The van der Waals surface area contributed by atoms with E-state index < -0.39 is 0 Å². The molecule has 0 aliphatic carbocycles. The Morgan fingerprint density at radius 2 is 1.95 bits per heavy atom. The molecule has 0 atom stereocenters. The first-order chi connectivity index (χ1) is 9.40. The Bertz CT molecular complexity index is 760. The summed E-state index contributed by atoms with van der Waals surface area (Å²) < 4.78 is 5.66. The molecular formula is C18H16O. The Kier molecular flexibility index (Phi) is 3.20. The molecule has 0 bridgehead atoms. The minimum Gasteiger partial charge on any atom is -0.464 e. The van der Waals surface area contributed by atoms with Gasteiger partial charge in [0.25, 0.3) is 0 Å². The summed E-state index contributed by atoms with van der Waals surface area (Å²) in [5, 5.41) is 3.77. The van der Waals surface area contributed by atoms with Crippen LogP contribution in [0.3, 0.4) is 0 Å². The van der Waals surface area contributed by atoms with E-state index in [-0.39, 0.29) is 0 Å². The highest BCUT2D eigenvalue weighted by Crippen LogP contribution is 2.30. The van der Waals surface area contributed by atoms with Crippen molar-refractivity contribution in [2.24, 2.45) is 0 Å². The van der Waals surface area contributed by atoms with Gasteiger partial charge in [0.2, 0.25) is 0 Å². The topological polar surface area (TPSA) is 13.1 Å². The Hall–Kier alpha value is -2.28. The van der Waals surface area contributed by atoms with Crippen molar-refractivity contribution in [3.63, 3.8) is 0 Å². The van der Waals surface area contributed by atoms with Crippen molar-refractivity contribution < 1.29 is 4.42 Å². The monoisotopic (exact) mass is 248 g/mol. The number of allylic oxidation sites excluding steroid dienone is 4. The van der Waals surface area contributed by atoms with Gasteiger partial charge in [-0.2, -0.15) is 0 Å². The van der Waals surface area contributed by atoms with E-state index in [1.165, 1.54) is 21.7 Å². The molecule has 19 heavy (non-hydrogen) atoms. The standard InChI is InChI=1S/C18H16O/c1-2-3-4-5-9-15-13-19-17-12-11-14-8-6-7-10-16(14)18(15)17/h2-8,10-13H,9H2,1H3. The maximum atomic E-state index is 5.66. The van der Waals surface area contributed by atoms with Crippen LogP contribution in [-0.4, -0.2) is 0 Å². The smallest absolute Gasteiger partial charge is 0.134 e. The van der Waals surface area contributed by atoms with E-state index >= 15 is 0 Å². The van der Waals surface area contributed by atoms with Gasteiger partial charge in [-0.15, -0.1) is 0 Å². The molecule has 1 aromatic heterocycles. The Morgan fingerprint density at radius 3 is 2.84 bits per heavy atom. The molecule has 0 saturated carbocycles. The fraction of sp³-hybridized carbons (Fsp3) is 0.111. The molecule has 2 aromatic carbocycles. The zero-order chi connectivity index (χ0) is 13.1. The number of hydrogen-bond acceptors (Lipinski definition) is 1. The Balaban J connectivity index is 2.12. The zero-order valence-electron chi connectivity index (χ0n) is 11.0. The van der Waals surface area contributed by atoms with Gasteiger partial charge in [-0.05, 0) is 30.2 Å². The van der Waals surface area contributed by atoms with E-state index in [9.17, 15) is 0 Å². The van der Waals surface area contributed by atoms with E-state index in [1.54, 1.807) is 0 Å². The summed E-state index contributed by atoms with van der Waals surface area (Å²) >= 11 is 0. The van der Waals surface area contributed by atoms with E-state index in [1.807, 2.05) is 25.3 Å². The molecule has 0 unspecified atom stereocenters. The average Bonchev–Trinajstić information content (AvgIpc) is 2.87. The van der Waals surface area contributed by atoms with Gasteiger partial charge < -0.3 is 4.42 Å². The summed E-state index contributed by atoms with van der Waals surface area (Å²) in [6.45, 7) is 2.02. The second-order valence-electron chi connectivity index (χ2n) is 4.58. The fourth-order valence-corrected chi connectivity index (χ4v) is 2.41. The Morgan fingerprint density at radius 1 is 1.05 bits per heavy atom. The van der Waals surface area contributed by atoms with Crippen LogP contribution in [0.2, 0.25) is 0 Å². The first kappa shape index (κ1) is 11.8. The van der Waals surface area contributed by atoms with Gasteiger partial charge in [-0.25, -0.2) is 0 Å². The van der Waals surface area contributed by atoms with Gasteiger partial charge in [0.1, 0.15) is 5.58 Å². The van der Waals surface area contributed by atoms with Crippen LogP contribution in [0.15, 0.2) is 71.4 Å². The highest BCUT2D eigenvalue weighted by molar-refractivity contribution is 6.07. The average molecular weight is 248 g/mol. The summed E-state index contributed by atoms with van der Waals surface area (Å²) in [7, 11) is 0. The molecule has 3 rings (SSSR count). The summed E-state index contributed by atoms with van der Waals surface area (Å²) in [5.41, 5.74) is 2.21. The second kappa shape index (κ2) is 5.15. The normalized spacial score (nSPS) is 12.3. The third-order valence-electron chi connectivity index (χ3n) is 3.32. The lowest BCUT2D eigenvalue weighted by Crippen LogP contribution is -1.80. The molecule has 0 N–H and O–H groups in total. The fourth-order valence-electron chi connectivity index (χ4n) is 2.41. The van der Waals surface area contributed by atoms with E-state index in [4.69, 9.17) is 4.42 Å². The lowest BCUT2D eigenvalue weighted by atomic mass is 10.0. The molecule has 94 valence electrons. The van der Waals surface area contributed by atoms with Crippen LogP contribution in [0.4, 0.5) is 0 Å². The van der Waals surface area contributed by atoms with Gasteiger partial charge in [-0.3, -0.25) is 0 Å². The van der Waals surface area contributed by atoms with Crippen molar-refractivity contribution in [3.8, 4) is 0 Å². The van der Waals surface area contributed by atoms with Crippen LogP contribution in [-0.2, 0) is 6.42 Å². The molecule has 0 radical (unpaired) electrons. The zero-order valence-corrected chi connectivity index (χ0v) is 11.0. The van der Waals surface area contributed by atoms with Gasteiger partial charge >= 0.3 is 0 Å². The maximum absolute atomic E-state index is 5.66. The molecule has 1 nitrogen and oxygen atoms in total. The quantitative estimate of drug-likeness (QED) is 0.576. The summed E-state index contributed by atoms with van der Waals surface area (Å²) in [6.07, 6.45) is 11.1. The van der Waals surface area contributed by atoms with Crippen LogP contribution in [0, 0.1) is 0 Å². The van der Waals surface area contributed by atoms with Gasteiger partial charge in [0.15, 0.2) is 0 Å². The van der Waals surface area contributed by atoms with Crippen molar-refractivity contribution in [1.82, 2.24) is 0 Å². The molecule has 0 saturated heterocycles. The maximum Gasteiger partial charge on any atom is 0.134 e. The molecule has 0 spiro atoms. The highest BCUT2D eigenvalue weighted by Gasteiger charge is 2.08. The lowest BCUT2D eigenvalue weighted by molar-refractivity contribution is 0.612. The van der Waals surface area contributed by atoms with Gasteiger partial charge in [0, 0.05) is 10.9 Å². The van der Waals surface area contributed by atoms with E-state index in [0.29, 0.717) is 0 Å². The number of rotatable bonds is 3. The van der Waals surface area contributed by atoms with Crippen molar-refractivity contribution in [2.45, 2.75) is 13.3 Å². The third kappa shape index (κ3) is 2.19. The number of hydrogen-bond donors (Lipinski definition) is 0. The molecule has 0 aliphatic heterocycles. The predicted molar refractivity (Wildman–Crippen MR) is 81.4 cm³/mol. The van der Waals surface area contributed by atoms with E-state index in [0.717, 1.165) is 12.0 Å². The molecule has 0 fully saturated rings. The van der Waals surface area contributed by atoms with Crippen LogP contribution in [0.5, 0.6) is 0 Å². The molecule has 1 heterocycles. The first-order valence-corrected chi connectivity index (χ1v) is 6.56. The van der Waals surface area contributed by atoms with Crippen LogP contribution in [0.25, 0.3) is 21.7 Å². The number of furan rings is 1. The highest BCUT2D eigenvalue weighted by atomic mass is 16.3. The van der Waals surface area contributed by atoms with Crippen molar-refractivity contribution in [1.29, 1.82) is 0 Å². The van der Waals surface area contributed by atoms with Crippen molar-refractivity contribution in [3.05, 3.63) is 72.5 Å².